The first-order valence-corrected chi connectivity index (χ1v) is 11.1. The number of aliphatic imine (C=N–C) groups is 1. The third kappa shape index (κ3) is 5.58. The zero-order valence-corrected chi connectivity index (χ0v) is 19.1. The molecule has 0 unspecified atom stereocenters. The van der Waals surface area contributed by atoms with Gasteiger partial charge < -0.3 is 24.4 Å². The van der Waals surface area contributed by atoms with Crippen LogP contribution in [0.15, 0.2) is 34.6 Å². The number of rotatable bonds is 8. The van der Waals surface area contributed by atoms with E-state index in [4.69, 9.17) is 19.2 Å². The highest BCUT2D eigenvalue weighted by atomic mass is 32.1. The van der Waals surface area contributed by atoms with Crippen molar-refractivity contribution in [3.8, 4) is 17.2 Å². The Bertz CT molecular complexity index is 793. The van der Waals surface area contributed by atoms with E-state index in [1.165, 1.54) is 4.88 Å². The maximum absolute atomic E-state index is 5.49. The molecule has 1 aromatic heterocycles. The van der Waals surface area contributed by atoms with Crippen molar-refractivity contribution in [2.75, 3.05) is 54.1 Å². The summed E-state index contributed by atoms with van der Waals surface area (Å²) in [7, 11) is 4.93. The number of ether oxygens (including phenoxy) is 3. The summed E-state index contributed by atoms with van der Waals surface area (Å²) < 4.78 is 16.4. The Morgan fingerprint density at radius 3 is 2.30 bits per heavy atom. The normalized spacial score (nSPS) is 15.2. The fourth-order valence-corrected chi connectivity index (χ4v) is 4.21. The first-order chi connectivity index (χ1) is 14.7. The Hall–Kier alpha value is -2.45. The van der Waals surface area contributed by atoms with Crippen molar-refractivity contribution in [3.63, 3.8) is 0 Å². The summed E-state index contributed by atoms with van der Waals surface area (Å²) in [6.07, 6.45) is 0. The maximum Gasteiger partial charge on any atom is 0.203 e. The van der Waals surface area contributed by atoms with Crippen LogP contribution in [0.2, 0.25) is 0 Å². The summed E-state index contributed by atoms with van der Waals surface area (Å²) >= 11 is 1.75. The van der Waals surface area contributed by atoms with Crippen molar-refractivity contribution in [3.05, 3.63) is 40.1 Å². The van der Waals surface area contributed by atoms with E-state index >= 15 is 0 Å². The number of hydrogen-bond acceptors (Lipinski definition) is 6. The van der Waals surface area contributed by atoms with Crippen molar-refractivity contribution in [1.82, 2.24) is 15.1 Å². The van der Waals surface area contributed by atoms with Gasteiger partial charge in [0.05, 0.1) is 27.9 Å². The van der Waals surface area contributed by atoms with Gasteiger partial charge in [0.25, 0.3) is 0 Å². The zero-order chi connectivity index (χ0) is 21.3. The molecule has 1 N–H and O–H groups in total. The third-order valence-electron chi connectivity index (χ3n) is 5.10. The number of nitrogens with zero attached hydrogens (tertiary/aromatic N) is 3. The highest BCUT2D eigenvalue weighted by Crippen LogP contribution is 2.38. The molecule has 3 rings (SSSR count). The molecule has 30 heavy (non-hydrogen) atoms. The van der Waals surface area contributed by atoms with Gasteiger partial charge in [-0.2, -0.15) is 0 Å². The van der Waals surface area contributed by atoms with Crippen LogP contribution in [-0.4, -0.2) is 69.8 Å². The molecule has 1 saturated heterocycles. The Kier molecular flexibility index (Phi) is 8.21. The average Bonchev–Trinajstić information content (AvgIpc) is 3.30. The van der Waals surface area contributed by atoms with Crippen LogP contribution in [0.3, 0.4) is 0 Å². The van der Waals surface area contributed by atoms with Crippen molar-refractivity contribution in [1.29, 1.82) is 0 Å². The van der Waals surface area contributed by atoms with Crippen LogP contribution in [0.25, 0.3) is 0 Å². The van der Waals surface area contributed by atoms with Gasteiger partial charge in [0.15, 0.2) is 17.5 Å². The van der Waals surface area contributed by atoms with E-state index < -0.39 is 0 Å². The molecule has 0 spiro atoms. The lowest BCUT2D eigenvalue weighted by Crippen LogP contribution is -2.52. The van der Waals surface area contributed by atoms with Crippen molar-refractivity contribution in [2.24, 2.45) is 4.99 Å². The summed E-state index contributed by atoms with van der Waals surface area (Å²) in [5.41, 5.74) is 1.15. The van der Waals surface area contributed by atoms with Crippen molar-refractivity contribution in [2.45, 2.75) is 20.0 Å². The summed E-state index contributed by atoms with van der Waals surface area (Å²) in [5.74, 6) is 3.02. The standard InChI is InChI=1S/C22H32N4O3S/c1-5-23-22(24-15-18-7-6-12-30-18)26-10-8-25(9-11-26)16-17-13-19(27-2)21(29-4)20(14-17)28-3/h6-7,12-14H,5,8-11,15-16H2,1-4H3,(H,23,24). The fourth-order valence-electron chi connectivity index (χ4n) is 3.58. The number of methoxy groups -OCH3 is 3. The molecular formula is C22H32N4O3S. The van der Waals surface area contributed by atoms with E-state index in [9.17, 15) is 0 Å². The average molecular weight is 433 g/mol. The topological polar surface area (TPSA) is 58.6 Å². The van der Waals surface area contributed by atoms with E-state index in [2.05, 4.69) is 39.6 Å². The Morgan fingerprint density at radius 1 is 1.07 bits per heavy atom. The summed E-state index contributed by atoms with van der Waals surface area (Å²) in [6, 6.07) is 8.26. The number of thiophene rings is 1. The van der Waals surface area contributed by atoms with Crippen LogP contribution in [0.1, 0.15) is 17.4 Å². The van der Waals surface area contributed by atoms with Gasteiger partial charge >= 0.3 is 0 Å². The summed E-state index contributed by atoms with van der Waals surface area (Å²) in [5, 5.41) is 5.53. The van der Waals surface area contributed by atoms with E-state index in [0.29, 0.717) is 17.2 Å². The second-order valence-electron chi connectivity index (χ2n) is 7.05. The molecule has 1 fully saturated rings. The number of piperazine rings is 1. The Labute approximate surface area is 183 Å². The van der Waals surface area contributed by atoms with Crippen LogP contribution in [-0.2, 0) is 13.1 Å². The number of nitrogens with one attached hydrogen (secondary N) is 1. The van der Waals surface area contributed by atoms with Crippen LogP contribution < -0.4 is 19.5 Å². The highest BCUT2D eigenvalue weighted by Gasteiger charge is 2.21. The lowest BCUT2D eigenvalue weighted by atomic mass is 10.1. The highest BCUT2D eigenvalue weighted by molar-refractivity contribution is 7.09. The molecule has 0 bridgehead atoms. The van der Waals surface area contributed by atoms with Gasteiger partial charge in [0, 0.05) is 44.1 Å². The molecular weight excluding hydrogens is 400 g/mol. The molecule has 0 radical (unpaired) electrons. The first-order valence-electron chi connectivity index (χ1n) is 10.2. The van der Waals surface area contributed by atoms with Crippen LogP contribution in [0.5, 0.6) is 17.2 Å². The van der Waals surface area contributed by atoms with Gasteiger partial charge in [0.1, 0.15) is 0 Å². The first kappa shape index (κ1) is 22.2. The van der Waals surface area contributed by atoms with E-state index in [1.54, 1.807) is 32.7 Å². The van der Waals surface area contributed by atoms with E-state index in [0.717, 1.165) is 57.3 Å². The Balaban J connectivity index is 1.61. The van der Waals surface area contributed by atoms with E-state index in [1.807, 2.05) is 12.1 Å². The molecule has 1 aromatic carbocycles. The molecule has 7 nitrogen and oxygen atoms in total. The lowest BCUT2D eigenvalue weighted by molar-refractivity contribution is 0.172. The number of benzene rings is 1. The smallest absolute Gasteiger partial charge is 0.203 e. The minimum absolute atomic E-state index is 0.630. The largest absolute Gasteiger partial charge is 0.493 e. The van der Waals surface area contributed by atoms with Crippen molar-refractivity contribution < 1.29 is 14.2 Å². The van der Waals surface area contributed by atoms with Gasteiger partial charge in [-0.1, -0.05) is 6.07 Å². The predicted molar refractivity (Wildman–Crippen MR) is 122 cm³/mol. The van der Waals surface area contributed by atoms with Gasteiger partial charge in [-0.25, -0.2) is 4.99 Å². The lowest BCUT2D eigenvalue weighted by Gasteiger charge is -2.36. The van der Waals surface area contributed by atoms with Crippen LogP contribution >= 0.6 is 11.3 Å². The Morgan fingerprint density at radius 2 is 1.77 bits per heavy atom. The molecule has 2 heterocycles. The summed E-state index contributed by atoms with van der Waals surface area (Å²) in [4.78, 5) is 10.9. The molecule has 8 heteroatoms. The fraction of sp³-hybridized carbons (Fsp3) is 0.500. The third-order valence-corrected chi connectivity index (χ3v) is 5.96. The maximum atomic E-state index is 5.49. The molecule has 0 saturated carbocycles. The number of hydrogen-bond donors (Lipinski definition) is 1. The van der Waals surface area contributed by atoms with Gasteiger partial charge in [-0.3, -0.25) is 4.90 Å². The van der Waals surface area contributed by atoms with Gasteiger partial charge in [0.2, 0.25) is 5.75 Å². The quantitative estimate of drug-likeness (QED) is 0.511. The second-order valence-corrected chi connectivity index (χ2v) is 8.08. The second kappa shape index (κ2) is 11.1. The molecule has 1 aliphatic rings. The minimum atomic E-state index is 0.630. The molecule has 164 valence electrons. The molecule has 2 aromatic rings. The van der Waals surface area contributed by atoms with E-state index in [-0.39, 0.29) is 0 Å². The molecule has 0 amide bonds. The van der Waals surface area contributed by atoms with Gasteiger partial charge in [-0.15, -0.1) is 11.3 Å². The molecule has 1 aliphatic heterocycles. The van der Waals surface area contributed by atoms with Crippen LogP contribution in [0, 0.1) is 0 Å². The SMILES string of the molecule is CCNC(=NCc1cccs1)N1CCN(Cc2cc(OC)c(OC)c(OC)c2)CC1. The van der Waals surface area contributed by atoms with Gasteiger partial charge in [-0.05, 0) is 36.1 Å². The summed E-state index contributed by atoms with van der Waals surface area (Å²) in [6.45, 7) is 8.39. The zero-order valence-electron chi connectivity index (χ0n) is 18.3. The molecule has 0 atom stereocenters. The minimum Gasteiger partial charge on any atom is -0.493 e. The predicted octanol–water partition coefficient (Wildman–Crippen LogP) is 3.06. The van der Waals surface area contributed by atoms with Crippen molar-refractivity contribution >= 4 is 17.3 Å². The number of guanidine groups is 1. The molecule has 0 aliphatic carbocycles. The monoisotopic (exact) mass is 432 g/mol. The van der Waals surface area contributed by atoms with Crippen LogP contribution in [0.4, 0.5) is 0 Å².